The molecule has 84 valence electrons. The summed E-state index contributed by atoms with van der Waals surface area (Å²) in [4.78, 5) is 4.51. The smallest absolute Gasteiger partial charge is 0.0994 e. The summed E-state index contributed by atoms with van der Waals surface area (Å²) in [5.41, 5.74) is 2.51. The molecule has 1 aromatic heterocycles. The fourth-order valence-corrected chi connectivity index (χ4v) is 2.22. The maximum Gasteiger partial charge on any atom is 0.0994 e. The molecule has 2 nitrogen and oxygen atoms in total. The Hall–Kier alpha value is -0.540. The molecular weight excluding hydrogens is 204 g/mol. The van der Waals surface area contributed by atoms with Gasteiger partial charge in [0.25, 0.3) is 0 Å². The van der Waals surface area contributed by atoms with E-state index in [4.69, 9.17) is 0 Å². The average Bonchev–Trinajstić information content (AvgIpc) is 2.08. The number of hydrogen-bond donors (Lipinski definition) is 1. The van der Waals surface area contributed by atoms with Gasteiger partial charge in [-0.15, -0.1) is 11.8 Å². The van der Waals surface area contributed by atoms with Crippen LogP contribution < -0.4 is 5.32 Å². The lowest BCUT2D eigenvalue weighted by Crippen LogP contribution is -2.09. The summed E-state index contributed by atoms with van der Waals surface area (Å²) < 4.78 is 0.224. The van der Waals surface area contributed by atoms with E-state index in [0.717, 1.165) is 11.6 Å². The van der Waals surface area contributed by atoms with Crippen LogP contribution in [0.15, 0.2) is 17.3 Å². The molecule has 0 fully saturated rings. The number of nitrogens with one attached hydrogen (secondary N) is 1. The SMILES string of the molecule is CNCc1cnc(SC(C)(C)C)c(C)c1. The molecule has 0 aromatic carbocycles. The van der Waals surface area contributed by atoms with E-state index < -0.39 is 0 Å². The summed E-state index contributed by atoms with van der Waals surface area (Å²) in [7, 11) is 1.95. The molecule has 1 aromatic rings. The number of nitrogens with zero attached hydrogens (tertiary/aromatic N) is 1. The minimum atomic E-state index is 0.224. The molecule has 0 saturated carbocycles. The second kappa shape index (κ2) is 4.99. The van der Waals surface area contributed by atoms with Gasteiger partial charge in [0, 0.05) is 17.5 Å². The normalized spacial score (nSPS) is 11.8. The minimum Gasteiger partial charge on any atom is -0.316 e. The van der Waals surface area contributed by atoms with Gasteiger partial charge in [0.2, 0.25) is 0 Å². The van der Waals surface area contributed by atoms with Gasteiger partial charge in [0.15, 0.2) is 0 Å². The molecule has 1 N–H and O–H groups in total. The highest BCUT2D eigenvalue weighted by atomic mass is 32.2. The van der Waals surface area contributed by atoms with E-state index in [-0.39, 0.29) is 4.75 Å². The predicted octanol–water partition coefficient (Wildman–Crippen LogP) is 3.00. The van der Waals surface area contributed by atoms with Gasteiger partial charge in [0.1, 0.15) is 0 Å². The molecule has 0 aliphatic carbocycles. The van der Waals surface area contributed by atoms with Crippen molar-refractivity contribution >= 4 is 11.8 Å². The molecule has 0 radical (unpaired) electrons. The number of aryl methyl sites for hydroxylation is 1. The second-order valence-electron chi connectivity index (χ2n) is 4.71. The Bertz CT molecular complexity index is 329. The molecule has 15 heavy (non-hydrogen) atoms. The maximum absolute atomic E-state index is 4.51. The van der Waals surface area contributed by atoms with Crippen molar-refractivity contribution in [1.29, 1.82) is 0 Å². The topological polar surface area (TPSA) is 24.9 Å². The summed E-state index contributed by atoms with van der Waals surface area (Å²) >= 11 is 1.82. The van der Waals surface area contributed by atoms with Crippen molar-refractivity contribution in [2.45, 2.75) is 44.0 Å². The van der Waals surface area contributed by atoms with E-state index in [1.54, 1.807) is 0 Å². The van der Waals surface area contributed by atoms with Gasteiger partial charge >= 0.3 is 0 Å². The van der Waals surface area contributed by atoms with E-state index in [1.165, 1.54) is 11.1 Å². The first-order valence-electron chi connectivity index (χ1n) is 5.21. The van der Waals surface area contributed by atoms with Crippen LogP contribution in [0.25, 0.3) is 0 Å². The molecule has 0 bridgehead atoms. The van der Waals surface area contributed by atoms with Crippen LogP contribution in [0.3, 0.4) is 0 Å². The van der Waals surface area contributed by atoms with Crippen LogP contribution in [0.4, 0.5) is 0 Å². The third-order valence-corrected chi connectivity index (χ3v) is 3.10. The lowest BCUT2D eigenvalue weighted by molar-refractivity contribution is 0.791. The highest BCUT2D eigenvalue weighted by molar-refractivity contribution is 8.00. The molecule has 3 heteroatoms. The van der Waals surface area contributed by atoms with E-state index in [1.807, 2.05) is 25.0 Å². The summed E-state index contributed by atoms with van der Waals surface area (Å²) in [6, 6.07) is 2.21. The van der Waals surface area contributed by atoms with Gasteiger partial charge in [-0.25, -0.2) is 4.98 Å². The van der Waals surface area contributed by atoms with Crippen LogP contribution in [0.5, 0.6) is 0 Å². The molecule has 0 unspecified atom stereocenters. The Labute approximate surface area is 96.9 Å². The van der Waals surface area contributed by atoms with Crippen molar-refractivity contribution in [1.82, 2.24) is 10.3 Å². The Morgan fingerprint density at radius 3 is 2.53 bits per heavy atom. The van der Waals surface area contributed by atoms with E-state index in [9.17, 15) is 0 Å². The van der Waals surface area contributed by atoms with Gasteiger partial charge in [-0.3, -0.25) is 0 Å². The highest BCUT2D eigenvalue weighted by Crippen LogP contribution is 2.32. The molecule has 0 saturated heterocycles. The summed E-state index contributed by atoms with van der Waals surface area (Å²) in [6.07, 6.45) is 1.96. The summed E-state index contributed by atoms with van der Waals surface area (Å²) in [6.45, 7) is 9.63. The molecular formula is C12H20N2S. The highest BCUT2D eigenvalue weighted by Gasteiger charge is 2.14. The first-order valence-corrected chi connectivity index (χ1v) is 6.03. The van der Waals surface area contributed by atoms with Crippen molar-refractivity contribution in [3.8, 4) is 0 Å². The number of rotatable bonds is 3. The Morgan fingerprint density at radius 1 is 1.40 bits per heavy atom. The zero-order chi connectivity index (χ0) is 11.5. The van der Waals surface area contributed by atoms with Crippen LogP contribution in [-0.4, -0.2) is 16.8 Å². The van der Waals surface area contributed by atoms with E-state index in [2.05, 4.69) is 44.1 Å². The van der Waals surface area contributed by atoms with Crippen molar-refractivity contribution in [3.05, 3.63) is 23.4 Å². The van der Waals surface area contributed by atoms with Crippen molar-refractivity contribution in [2.24, 2.45) is 0 Å². The van der Waals surface area contributed by atoms with Crippen LogP contribution in [-0.2, 0) is 6.54 Å². The maximum atomic E-state index is 4.51. The van der Waals surface area contributed by atoms with Crippen LogP contribution in [0, 0.1) is 6.92 Å². The molecule has 0 spiro atoms. The molecule has 1 heterocycles. The average molecular weight is 224 g/mol. The summed E-state index contributed by atoms with van der Waals surface area (Å²) in [5, 5.41) is 4.27. The predicted molar refractivity (Wildman–Crippen MR) is 67.3 cm³/mol. The van der Waals surface area contributed by atoms with Gasteiger partial charge in [-0.05, 0) is 25.1 Å². The first kappa shape index (κ1) is 12.5. The third kappa shape index (κ3) is 4.22. The van der Waals surface area contributed by atoms with E-state index >= 15 is 0 Å². The van der Waals surface area contributed by atoms with Gasteiger partial charge in [-0.1, -0.05) is 26.8 Å². The fraction of sp³-hybridized carbons (Fsp3) is 0.583. The zero-order valence-electron chi connectivity index (χ0n) is 10.2. The standard InChI is InChI=1S/C12H20N2S/c1-9-6-10(7-13-5)8-14-11(9)15-12(2,3)4/h6,8,13H,7H2,1-5H3. The Kier molecular flexibility index (Phi) is 4.17. The number of pyridine rings is 1. The third-order valence-electron chi connectivity index (χ3n) is 1.87. The van der Waals surface area contributed by atoms with Crippen LogP contribution in [0.2, 0.25) is 0 Å². The van der Waals surface area contributed by atoms with Crippen molar-refractivity contribution in [2.75, 3.05) is 7.05 Å². The molecule has 0 aliphatic rings. The molecule has 0 atom stereocenters. The second-order valence-corrected chi connectivity index (χ2v) is 6.53. The van der Waals surface area contributed by atoms with Crippen molar-refractivity contribution in [3.63, 3.8) is 0 Å². The number of thioether (sulfide) groups is 1. The van der Waals surface area contributed by atoms with Crippen LogP contribution >= 0.6 is 11.8 Å². The largest absolute Gasteiger partial charge is 0.316 e. The molecule has 0 aliphatic heterocycles. The van der Waals surface area contributed by atoms with Crippen molar-refractivity contribution < 1.29 is 0 Å². The molecule has 0 amide bonds. The Balaban J connectivity index is 2.84. The lowest BCUT2D eigenvalue weighted by atomic mass is 10.2. The zero-order valence-corrected chi connectivity index (χ0v) is 11.0. The lowest BCUT2D eigenvalue weighted by Gasteiger charge is -2.18. The Morgan fingerprint density at radius 2 is 2.07 bits per heavy atom. The summed E-state index contributed by atoms with van der Waals surface area (Å²) in [5.74, 6) is 0. The van der Waals surface area contributed by atoms with E-state index in [0.29, 0.717) is 0 Å². The first-order chi connectivity index (χ1) is 6.92. The minimum absolute atomic E-state index is 0.224. The van der Waals surface area contributed by atoms with Gasteiger partial charge in [0.05, 0.1) is 5.03 Å². The quantitative estimate of drug-likeness (QED) is 0.799. The monoisotopic (exact) mass is 224 g/mol. The molecule has 1 rings (SSSR count). The number of hydrogen-bond acceptors (Lipinski definition) is 3. The fourth-order valence-electron chi connectivity index (χ4n) is 1.32. The van der Waals surface area contributed by atoms with Gasteiger partial charge in [-0.2, -0.15) is 0 Å². The van der Waals surface area contributed by atoms with Gasteiger partial charge < -0.3 is 5.32 Å². The number of aromatic nitrogens is 1. The van der Waals surface area contributed by atoms with Crippen LogP contribution in [0.1, 0.15) is 31.9 Å².